The summed E-state index contributed by atoms with van der Waals surface area (Å²) < 4.78 is 73.7. The van der Waals surface area contributed by atoms with Gasteiger partial charge in [-0.15, -0.1) is 0 Å². The van der Waals surface area contributed by atoms with Gasteiger partial charge in [0.25, 0.3) is 0 Å². The van der Waals surface area contributed by atoms with Crippen LogP contribution >= 0.6 is 7.82 Å². The standard InChI is InChI=1S/C95H177O25P/c1-7-11-15-19-23-25-27-29-31-33-35-37-39-51-59-67-80(99)114-75(70-111-78(97)65-57-49-43-41-47-55-63-73(5)61-53-45-21-17-13-9-3)71-113-121(109,110)120-93-91(118-94-88(107)84(103)82(101)76(69-96)115-94)87(106)86(105)90(117-81(100)68-60-52-40-38-36-34-32-30-28-26-24-20-16-12-8-2)92(93)119-95-89(108)85(104)83(102)77(116-95)72-112-79(98)66-58-50-44-42-48-56-64-74(6)62-54-46-22-18-14-10-4/h26,28,73-77,82-96,101-108H,7-25,27,29-72H2,1-6H3,(H,109,110)/b28-26-. The third kappa shape index (κ3) is 52.5. The second kappa shape index (κ2) is 72.1. The fourth-order valence-electron chi connectivity index (χ4n) is 16.6. The van der Waals surface area contributed by atoms with Crippen LogP contribution in [0.1, 0.15) is 427 Å². The maximum absolute atomic E-state index is 14.9. The Labute approximate surface area is 731 Å². The fourth-order valence-corrected chi connectivity index (χ4v) is 17.5. The zero-order valence-corrected chi connectivity index (χ0v) is 77.3. The molecule has 2 aliphatic heterocycles. The Hall–Kier alpha value is -2.79. The Morgan fingerprint density at radius 3 is 1.07 bits per heavy atom. The highest BCUT2D eigenvalue weighted by Crippen LogP contribution is 2.49. The van der Waals surface area contributed by atoms with Crippen LogP contribution in [0.3, 0.4) is 0 Å². The third-order valence-electron chi connectivity index (χ3n) is 24.6. The monoisotopic (exact) mass is 1750 g/mol. The maximum Gasteiger partial charge on any atom is 0.472 e. The smallest absolute Gasteiger partial charge is 0.463 e. The van der Waals surface area contributed by atoms with Gasteiger partial charge in [0.1, 0.15) is 92.6 Å². The molecule has 121 heavy (non-hydrogen) atoms. The lowest BCUT2D eigenvalue weighted by atomic mass is 9.84. The summed E-state index contributed by atoms with van der Waals surface area (Å²) in [6, 6.07) is 0. The number of ether oxygens (including phenoxy) is 8. The molecule has 26 heteroatoms. The molecule has 1 saturated carbocycles. The van der Waals surface area contributed by atoms with E-state index in [-0.39, 0.29) is 25.7 Å². The van der Waals surface area contributed by atoms with Gasteiger partial charge in [-0.25, -0.2) is 4.57 Å². The van der Waals surface area contributed by atoms with Gasteiger partial charge in [0.15, 0.2) is 24.8 Å². The fraction of sp³-hybridized carbons (Fsp3) is 0.937. The predicted octanol–water partition coefficient (Wildman–Crippen LogP) is 18.8. The largest absolute Gasteiger partial charge is 0.472 e. The summed E-state index contributed by atoms with van der Waals surface area (Å²) in [6.45, 7) is 10.3. The Kier molecular flexibility index (Phi) is 66.9. The molecule has 0 spiro atoms. The van der Waals surface area contributed by atoms with Crippen molar-refractivity contribution in [2.75, 3.05) is 26.4 Å². The van der Waals surface area contributed by atoms with Crippen molar-refractivity contribution in [2.24, 2.45) is 11.8 Å². The zero-order chi connectivity index (χ0) is 88.5. The van der Waals surface area contributed by atoms with Crippen LogP contribution in [-0.4, -0.2) is 205 Å². The lowest BCUT2D eigenvalue weighted by Crippen LogP contribution is -2.70. The molecule has 0 aromatic carbocycles. The number of carbonyl (C=O) groups excluding carboxylic acids is 4. The minimum atomic E-state index is -5.81. The second-order valence-corrected chi connectivity index (χ2v) is 37.2. The summed E-state index contributed by atoms with van der Waals surface area (Å²) >= 11 is 0. The van der Waals surface area contributed by atoms with Crippen LogP contribution in [0.15, 0.2) is 12.2 Å². The molecule has 0 bridgehead atoms. The second-order valence-electron chi connectivity index (χ2n) is 35.8. The number of phosphoric acid groups is 1. The van der Waals surface area contributed by atoms with Gasteiger partial charge in [-0.1, -0.05) is 362 Å². The lowest BCUT2D eigenvalue weighted by molar-refractivity contribution is -0.360. The first-order valence-corrected chi connectivity index (χ1v) is 50.7. The van der Waals surface area contributed by atoms with Crippen LogP contribution < -0.4 is 0 Å². The van der Waals surface area contributed by atoms with Crippen LogP contribution in [0.2, 0.25) is 0 Å². The van der Waals surface area contributed by atoms with Gasteiger partial charge in [0.2, 0.25) is 0 Å². The maximum atomic E-state index is 14.9. The Bertz CT molecular complexity index is 2590. The van der Waals surface area contributed by atoms with Crippen molar-refractivity contribution in [2.45, 2.75) is 531 Å². The van der Waals surface area contributed by atoms with Crippen molar-refractivity contribution in [3.8, 4) is 0 Å². The molecule has 2 heterocycles. The molecule has 25 nitrogen and oxygen atoms in total. The van der Waals surface area contributed by atoms with Crippen LogP contribution in [0.5, 0.6) is 0 Å². The number of unbranched alkanes of at least 4 members (excludes halogenated alkanes) is 45. The van der Waals surface area contributed by atoms with E-state index in [1.807, 2.05) is 0 Å². The van der Waals surface area contributed by atoms with Gasteiger partial charge in [0, 0.05) is 25.7 Å². The van der Waals surface area contributed by atoms with Gasteiger partial charge in [-0.05, 0) is 63.2 Å². The SMILES string of the molecule is CCCCCC/C=C\CCCCCCCCCC(=O)OC1C(O)C(O)C(OC2OC(CO)C(O)C(O)C2O)C(OP(=O)(O)OCC(COC(=O)CCCCCCCCC(C)CCCCCCCC)OC(=O)CCCCCCCCCCCCCCCCC)C1OC1OC(COC(=O)CCCCCCCCC(C)CCCCCCCC)C(O)C(O)C1O. The molecule has 0 aromatic rings. The van der Waals surface area contributed by atoms with Crippen molar-refractivity contribution < 1.29 is 122 Å². The highest BCUT2D eigenvalue weighted by molar-refractivity contribution is 7.47. The molecule has 0 radical (unpaired) electrons. The number of esters is 4. The van der Waals surface area contributed by atoms with E-state index >= 15 is 0 Å². The van der Waals surface area contributed by atoms with Crippen LogP contribution in [-0.2, 0) is 70.7 Å². The van der Waals surface area contributed by atoms with Crippen LogP contribution in [0.4, 0.5) is 0 Å². The molecular weight excluding hydrogens is 1570 g/mol. The molecule has 0 amide bonds. The molecule has 3 aliphatic rings. The molecular formula is C95H177O25P. The first-order chi connectivity index (χ1) is 58.5. The van der Waals surface area contributed by atoms with E-state index in [4.69, 9.17) is 46.9 Å². The van der Waals surface area contributed by atoms with Crippen molar-refractivity contribution in [1.82, 2.24) is 0 Å². The van der Waals surface area contributed by atoms with Crippen molar-refractivity contribution in [1.29, 1.82) is 0 Å². The van der Waals surface area contributed by atoms with E-state index < -0.39 is 162 Å². The average Bonchev–Trinajstić information content (AvgIpc) is 0.753. The highest BCUT2D eigenvalue weighted by Gasteiger charge is 2.60. The summed E-state index contributed by atoms with van der Waals surface area (Å²) in [5.41, 5.74) is 0. The van der Waals surface area contributed by atoms with E-state index in [2.05, 4.69) is 53.7 Å². The minimum absolute atomic E-state index is 0.0150. The van der Waals surface area contributed by atoms with Gasteiger partial charge in [0.05, 0.1) is 13.2 Å². The van der Waals surface area contributed by atoms with E-state index in [1.54, 1.807) is 0 Å². The number of phosphoric ester groups is 1. The molecule has 0 aromatic heterocycles. The molecule has 2 saturated heterocycles. The predicted molar refractivity (Wildman–Crippen MR) is 472 cm³/mol. The topological polar surface area (TPSA) is 380 Å². The number of aliphatic hydroxyl groups excluding tert-OH is 9. The highest BCUT2D eigenvalue weighted by atomic mass is 31.2. The van der Waals surface area contributed by atoms with Crippen LogP contribution in [0.25, 0.3) is 0 Å². The van der Waals surface area contributed by atoms with Crippen LogP contribution in [0, 0.1) is 11.8 Å². The van der Waals surface area contributed by atoms with Crippen molar-refractivity contribution >= 4 is 31.7 Å². The number of hydrogen-bond acceptors (Lipinski definition) is 24. The lowest BCUT2D eigenvalue weighted by Gasteiger charge is -2.50. The number of rotatable bonds is 79. The Morgan fingerprint density at radius 2 is 0.669 bits per heavy atom. The van der Waals surface area contributed by atoms with Crippen molar-refractivity contribution in [3.63, 3.8) is 0 Å². The molecule has 20 unspecified atom stereocenters. The molecule has 20 atom stereocenters. The van der Waals surface area contributed by atoms with Gasteiger partial charge < -0.3 is 88.7 Å². The number of hydrogen-bond donors (Lipinski definition) is 10. The minimum Gasteiger partial charge on any atom is -0.463 e. The first-order valence-electron chi connectivity index (χ1n) is 49.2. The number of allylic oxidation sites excluding steroid dienone is 2. The first kappa shape index (κ1) is 112. The zero-order valence-electron chi connectivity index (χ0n) is 76.4. The Morgan fingerprint density at radius 1 is 0.347 bits per heavy atom. The van der Waals surface area contributed by atoms with Crippen molar-refractivity contribution in [3.05, 3.63) is 12.2 Å². The molecule has 712 valence electrons. The summed E-state index contributed by atoms with van der Waals surface area (Å²) in [7, 11) is -5.81. The third-order valence-corrected chi connectivity index (χ3v) is 25.5. The Balaban J connectivity index is 1.92. The van der Waals surface area contributed by atoms with E-state index in [0.717, 1.165) is 141 Å². The molecule has 10 N–H and O–H groups in total. The number of carbonyl (C=O) groups is 4. The average molecular weight is 1750 g/mol. The van der Waals surface area contributed by atoms with E-state index in [1.165, 1.54) is 186 Å². The summed E-state index contributed by atoms with van der Waals surface area (Å²) in [5.74, 6) is -1.58. The number of aliphatic hydroxyl groups is 9. The summed E-state index contributed by atoms with van der Waals surface area (Å²) in [6.07, 6.45) is 29.0. The molecule has 3 fully saturated rings. The summed E-state index contributed by atoms with van der Waals surface area (Å²) in [5, 5.41) is 103. The quantitative estimate of drug-likeness (QED) is 0.00889. The summed E-state index contributed by atoms with van der Waals surface area (Å²) in [4.78, 5) is 66.7. The molecule has 1 aliphatic carbocycles. The molecule has 3 rings (SSSR count). The van der Waals surface area contributed by atoms with Gasteiger partial charge in [-0.2, -0.15) is 0 Å². The van der Waals surface area contributed by atoms with E-state index in [9.17, 15) is 74.6 Å². The van der Waals surface area contributed by atoms with E-state index in [0.29, 0.717) is 43.9 Å². The van der Waals surface area contributed by atoms with Gasteiger partial charge in [-0.3, -0.25) is 28.2 Å². The normalized spacial score (nSPS) is 25.2. The van der Waals surface area contributed by atoms with Gasteiger partial charge >= 0.3 is 31.7 Å².